The van der Waals surface area contributed by atoms with Gasteiger partial charge in [-0.3, -0.25) is 4.79 Å². The Labute approximate surface area is 188 Å². The van der Waals surface area contributed by atoms with Crippen LogP contribution in [-0.2, 0) is 4.79 Å². The molecule has 5 heteroatoms. The molecule has 0 aliphatic carbocycles. The SMILES string of the molecule is CCN(CC)CCC(=O)N1CC(c2ccc(Cl)cc2)Sc2ccc3ccccc3c21. The second kappa shape index (κ2) is 9.42. The van der Waals surface area contributed by atoms with Gasteiger partial charge >= 0.3 is 0 Å². The highest BCUT2D eigenvalue weighted by molar-refractivity contribution is 7.99. The molecule has 3 aromatic rings. The fourth-order valence-electron chi connectivity index (χ4n) is 4.06. The molecule has 3 aromatic carbocycles. The summed E-state index contributed by atoms with van der Waals surface area (Å²) >= 11 is 7.94. The summed E-state index contributed by atoms with van der Waals surface area (Å²) in [5.74, 6) is 0.193. The summed E-state index contributed by atoms with van der Waals surface area (Å²) in [4.78, 5) is 18.9. The molecule has 4 rings (SSSR count). The van der Waals surface area contributed by atoms with E-state index in [-0.39, 0.29) is 11.2 Å². The third kappa shape index (κ3) is 4.36. The van der Waals surface area contributed by atoms with Crippen LogP contribution in [0.4, 0.5) is 5.69 Å². The molecule has 1 amide bonds. The van der Waals surface area contributed by atoms with Gasteiger partial charge in [-0.25, -0.2) is 0 Å². The minimum atomic E-state index is 0.188. The average molecular weight is 439 g/mol. The topological polar surface area (TPSA) is 23.6 Å². The van der Waals surface area contributed by atoms with Crippen LogP contribution < -0.4 is 4.90 Å². The average Bonchev–Trinajstić information content (AvgIpc) is 2.79. The van der Waals surface area contributed by atoms with Crippen molar-refractivity contribution in [3.63, 3.8) is 0 Å². The van der Waals surface area contributed by atoms with Gasteiger partial charge in [0.25, 0.3) is 0 Å². The first-order valence-electron chi connectivity index (χ1n) is 10.6. The highest BCUT2D eigenvalue weighted by atomic mass is 35.5. The fourth-order valence-corrected chi connectivity index (χ4v) is 5.49. The maximum atomic E-state index is 13.4. The molecule has 3 nitrogen and oxygen atoms in total. The molecule has 1 unspecified atom stereocenters. The molecule has 0 saturated heterocycles. The number of rotatable bonds is 6. The molecule has 1 heterocycles. The van der Waals surface area contributed by atoms with E-state index in [2.05, 4.69) is 61.2 Å². The zero-order valence-electron chi connectivity index (χ0n) is 17.5. The summed E-state index contributed by atoms with van der Waals surface area (Å²) in [5, 5.41) is 3.24. The van der Waals surface area contributed by atoms with Crippen LogP contribution in [0.15, 0.2) is 65.6 Å². The van der Waals surface area contributed by atoms with Crippen LogP contribution in [0.2, 0.25) is 5.02 Å². The van der Waals surface area contributed by atoms with E-state index in [1.54, 1.807) is 0 Å². The molecular weight excluding hydrogens is 412 g/mol. The van der Waals surface area contributed by atoms with Crippen molar-refractivity contribution in [2.75, 3.05) is 31.1 Å². The van der Waals surface area contributed by atoms with Gasteiger partial charge in [0.15, 0.2) is 0 Å². The number of halogens is 1. The van der Waals surface area contributed by atoms with E-state index in [4.69, 9.17) is 11.6 Å². The summed E-state index contributed by atoms with van der Waals surface area (Å²) in [6, 6.07) is 20.7. The first-order valence-corrected chi connectivity index (χ1v) is 11.8. The number of hydrogen-bond donors (Lipinski definition) is 0. The summed E-state index contributed by atoms with van der Waals surface area (Å²) in [6.45, 7) is 7.68. The van der Waals surface area contributed by atoms with Gasteiger partial charge in [0, 0.05) is 34.8 Å². The first kappa shape index (κ1) is 21.2. The maximum absolute atomic E-state index is 13.4. The van der Waals surface area contributed by atoms with E-state index in [0.29, 0.717) is 13.0 Å². The Balaban J connectivity index is 1.71. The van der Waals surface area contributed by atoms with Crippen molar-refractivity contribution in [2.45, 2.75) is 30.4 Å². The second-order valence-electron chi connectivity index (χ2n) is 7.57. The van der Waals surface area contributed by atoms with Crippen molar-refractivity contribution in [1.82, 2.24) is 4.90 Å². The van der Waals surface area contributed by atoms with Crippen LogP contribution in [0.5, 0.6) is 0 Å². The van der Waals surface area contributed by atoms with Gasteiger partial charge in [0.2, 0.25) is 5.91 Å². The smallest absolute Gasteiger partial charge is 0.228 e. The van der Waals surface area contributed by atoms with Crippen LogP contribution in [0, 0.1) is 0 Å². The fraction of sp³-hybridized carbons (Fsp3) is 0.320. The van der Waals surface area contributed by atoms with Crippen molar-refractivity contribution >= 4 is 45.7 Å². The molecular formula is C25H27ClN2OS. The van der Waals surface area contributed by atoms with Crippen molar-refractivity contribution in [3.05, 3.63) is 71.2 Å². The number of carbonyl (C=O) groups is 1. The highest BCUT2D eigenvalue weighted by Crippen LogP contribution is 2.48. The first-order chi connectivity index (χ1) is 14.6. The summed E-state index contributed by atoms with van der Waals surface area (Å²) in [5.41, 5.74) is 2.26. The summed E-state index contributed by atoms with van der Waals surface area (Å²) < 4.78 is 0. The van der Waals surface area contributed by atoms with Gasteiger partial charge in [-0.1, -0.05) is 67.9 Å². The highest BCUT2D eigenvalue weighted by Gasteiger charge is 2.31. The molecule has 0 bridgehead atoms. The lowest BCUT2D eigenvalue weighted by atomic mass is 10.1. The van der Waals surface area contributed by atoms with Gasteiger partial charge in [0.05, 0.1) is 10.9 Å². The van der Waals surface area contributed by atoms with Gasteiger partial charge in [-0.05, 0) is 42.2 Å². The standard InChI is InChI=1S/C25H27ClN2OS/c1-3-27(4-2)16-15-24(29)28-17-23(19-9-12-20(26)13-10-19)30-22-14-11-18-7-5-6-8-21(18)25(22)28/h5-14,23H,3-4,15-17H2,1-2H3. The van der Waals surface area contributed by atoms with Crippen molar-refractivity contribution in [3.8, 4) is 0 Å². The molecule has 30 heavy (non-hydrogen) atoms. The van der Waals surface area contributed by atoms with Crippen LogP contribution >= 0.6 is 23.4 Å². The number of hydrogen-bond acceptors (Lipinski definition) is 3. The predicted octanol–water partition coefficient (Wildman–Crippen LogP) is 6.41. The lowest BCUT2D eigenvalue weighted by Crippen LogP contribution is -2.39. The second-order valence-corrected chi connectivity index (χ2v) is 9.25. The number of thioether (sulfide) groups is 1. The summed E-state index contributed by atoms with van der Waals surface area (Å²) in [6.07, 6.45) is 0.530. The van der Waals surface area contributed by atoms with Gasteiger partial charge in [0.1, 0.15) is 0 Å². The van der Waals surface area contributed by atoms with E-state index in [1.807, 2.05) is 34.9 Å². The monoisotopic (exact) mass is 438 g/mol. The zero-order chi connectivity index (χ0) is 21.1. The minimum Gasteiger partial charge on any atom is -0.309 e. The molecule has 0 saturated carbocycles. The molecule has 1 atom stereocenters. The molecule has 1 aliphatic rings. The molecule has 1 aliphatic heterocycles. The summed E-state index contributed by atoms with van der Waals surface area (Å²) in [7, 11) is 0. The third-order valence-electron chi connectivity index (χ3n) is 5.83. The quantitative estimate of drug-likeness (QED) is 0.444. The van der Waals surface area contributed by atoms with Crippen LogP contribution in [0.25, 0.3) is 10.8 Å². The predicted molar refractivity (Wildman–Crippen MR) is 129 cm³/mol. The Hall–Kier alpha value is -2.01. The molecule has 0 aromatic heterocycles. The molecule has 0 N–H and O–H groups in total. The Kier molecular flexibility index (Phi) is 6.67. The van der Waals surface area contributed by atoms with E-state index in [0.717, 1.165) is 40.6 Å². The normalized spacial score (nSPS) is 16.1. The maximum Gasteiger partial charge on any atom is 0.228 e. The van der Waals surface area contributed by atoms with Crippen LogP contribution in [0.3, 0.4) is 0 Å². The van der Waals surface area contributed by atoms with Crippen molar-refractivity contribution in [1.29, 1.82) is 0 Å². The largest absolute Gasteiger partial charge is 0.309 e. The molecule has 0 radical (unpaired) electrons. The lowest BCUT2D eigenvalue weighted by molar-refractivity contribution is -0.119. The van der Waals surface area contributed by atoms with Gasteiger partial charge in [-0.2, -0.15) is 0 Å². The lowest BCUT2D eigenvalue weighted by Gasteiger charge is -2.36. The molecule has 156 valence electrons. The number of amides is 1. The van der Waals surface area contributed by atoms with E-state index in [9.17, 15) is 4.79 Å². The third-order valence-corrected chi connectivity index (χ3v) is 7.37. The molecule has 0 fully saturated rings. The number of benzene rings is 3. The van der Waals surface area contributed by atoms with Crippen LogP contribution in [0.1, 0.15) is 31.1 Å². The Bertz CT molecular complexity index is 1030. The van der Waals surface area contributed by atoms with Crippen molar-refractivity contribution < 1.29 is 4.79 Å². The van der Waals surface area contributed by atoms with E-state index in [1.165, 1.54) is 10.9 Å². The van der Waals surface area contributed by atoms with E-state index >= 15 is 0 Å². The van der Waals surface area contributed by atoms with Crippen molar-refractivity contribution in [2.24, 2.45) is 0 Å². The Morgan fingerprint density at radius 2 is 1.80 bits per heavy atom. The minimum absolute atomic E-state index is 0.188. The Morgan fingerprint density at radius 1 is 1.07 bits per heavy atom. The van der Waals surface area contributed by atoms with Gasteiger partial charge in [-0.15, -0.1) is 11.8 Å². The zero-order valence-corrected chi connectivity index (χ0v) is 19.0. The number of anilines is 1. The number of fused-ring (bicyclic) bond motifs is 3. The van der Waals surface area contributed by atoms with Crippen LogP contribution in [-0.4, -0.2) is 37.0 Å². The Morgan fingerprint density at radius 3 is 2.53 bits per heavy atom. The number of nitrogens with zero attached hydrogens (tertiary/aromatic N) is 2. The van der Waals surface area contributed by atoms with Gasteiger partial charge < -0.3 is 9.80 Å². The van der Waals surface area contributed by atoms with E-state index < -0.39 is 0 Å². The number of carbonyl (C=O) groups excluding carboxylic acids is 1. The molecule has 0 spiro atoms.